The molecule has 1 saturated heterocycles. The molecule has 1 aliphatic rings. The predicted molar refractivity (Wildman–Crippen MR) is 55.6 cm³/mol. The minimum Gasteiger partial charge on any atom is -0.464 e. The van der Waals surface area contributed by atoms with Crippen molar-refractivity contribution in [1.29, 1.82) is 0 Å². The van der Waals surface area contributed by atoms with Gasteiger partial charge in [-0.25, -0.2) is 9.80 Å². The monoisotopic (exact) mass is 212 g/mol. The van der Waals surface area contributed by atoms with Crippen molar-refractivity contribution in [1.82, 2.24) is 5.01 Å². The third-order valence-corrected chi connectivity index (χ3v) is 3.11. The summed E-state index contributed by atoms with van der Waals surface area (Å²) in [5.74, 6) is 0. The van der Waals surface area contributed by atoms with Crippen LogP contribution in [0.25, 0.3) is 0 Å². The molecule has 0 spiro atoms. The second-order valence-corrected chi connectivity index (χ2v) is 4.13. The molecule has 2 heterocycles. The third-order valence-electron chi connectivity index (χ3n) is 2.26. The van der Waals surface area contributed by atoms with Gasteiger partial charge in [-0.3, -0.25) is 0 Å². The van der Waals surface area contributed by atoms with Gasteiger partial charge in [-0.05, 0) is 30.4 Å². The molecule has 0 bridgehead atoms. The summed E-state index contributed by atoms with van der Waals surface area (Å²) < 4.78 is 0. The van der Waals surface area contributed by atoms with Crippen molar-refractivity contribution < 1.29 is 9.90 Å². The van der Waals surface area contributed by atoms with Gasteiger partial charge in [-0.15, -0.1) is 11.3 Å². The quantitative estimate of drug-likeness (QED) is 0.817. The van der Waals surface area contributed by atoms with Gasteiger partial charge < -0.3 is 5.11 Å². The van der Waals surface area contributed by atoms with Crippen LogP contribution >= 0.6 is 11.3 Å². The Kier molecular flexibility index (Phi) is 2.69. The summed E-state index contributed by atoms with van der Waals surface area (Å²) in [5, 5.41) is 15.0. The van der Waals surface area contributed by atoms with Crippen molar-refractivity contribution in [2.24, 2.45) is 0 Å². The highest BCUT2D eigenvalue weighted by Crippen LogP contribution is 2.25. The van der Waals surface area contributed by atoms with E-state index in [0.717, 1.165) is 30.9 Å². The van der Waals surface area contributed by atoms with Crippen LogP contribution < -0.4 is 5.01 Å². The van der Waals surface area contributed by atoms with E-state index in [1.165, 1.54) is 16.3 Å². The maximum Gasteiger partial charge on any atom is 0.427 e. The average molecular weight is 212 g/mol. The van der Waals surface area contributed by atoms with Crippen LogP contribution in [0, 0.1) is 0 Å². The molecule has 1 fully saturated rings. The van der Waals surface area contributed by atoms with Crippen LogP contribution in [-0.2, 0) is 0 Å². The number of hydrogen-bond acceptors (Lipinski definition) is 3. The molecular formula is C9H12N2O2S. The fourth-order valence-electron chi connectivity index (χ4n) is 1.65. The Morgan fingerprint density at radius 1 is 1.50 bits per heavy atom. The van der Waals surface area contributed by atoms with E-state index < -0.39 is 6.09 Å². The molecule has 1 aliphatic heterocycles. The van der Waals surface area contributed by atoms with Gasteiger partial charge in [0.05, 0.1) is 0 Å². The first-order valence-corrected chi connectivity index (χ1v) is 5.48. The number of hydrogen-bond donors (Lipinski definition) is 1. The molecule has 0 atom stereocenters. The minimum atomic E-state index is -0.894. The number of rotatable bonds is 2. The number of thiophene rings is 1. The van der Waals surface area contributed by atoms with Crippen molar-refractivity contribution in [2.45, 2.75) is 12.8 Å². The zero-order valence-corrected chi connectivity index (χ0v) is 8.54. The Morgan fingerprint density at radius 2 is 2.21 bits per heavy atom. The van der Waals surface area contributed by atoms with Crippen LogP contribution in [0.15, 0.2) is 17.5 Å². The van der Waals surface area contributed by atoms with Gasteiger partial charge in [-0.2, -0.15) is 5.01 Å². The molecule has 0 saturated carbocycles. The second kappa shape index (κ2) is 3.98. The molecule has 1 aromatic heterocycles. The van der Waals surface area contributed by atoms with Gasteiger partial charge >= 0.3 is 6.09 Å². The summed E-state index contributed by atoms with van der Waals surface area (Å²) in [6, 6.07) is 3.70. The van der Waals surface area contributed by atoms with Gasteiger partial charge in [0, 0.05) is 13.1 Å². The van der Waals surface area contributed by atoms with Crippen LogP contribution in [0.1, 0.15) is 12.8 Å². The normalized spacial score (nSPS) is 17.1. The molecule has 4 nitrogen and oxygen atoms in total. The van der Waals surface area contributed by atoms with Crippen LogP contribution in [0.2, 0.25) is 0 Å². The van der Waals surface area contributed by atoms with Gasteiger partial charge in [-0.1, -0.05) is 0 Å². The summed E-state index contributed by atoms with van der Waals surface area (Å²) in [6.07, 6.45) is 1.26. The van der Waals surface area contributed by atoms with E-state index in [0.29, 0.717) is 0 Å². The first kappa shape index (κ1) is 9.48. The van der Waals surface area contributed by atoms with E-state index in [9.17, 15) is 4.79 Å². The maximum absolute atomic E-state index is 11.1. The molecule has 76 valence electrons. The van der Waals surface area contributed by atoms with Crippen LogP contribution in [0.4, 0.5) is 9.80 Å². The zero-order chi connectivity index (χ0) is 9.97. The fourth-order valence-corrected chi connectivity index (χ4v) is 2.39. The van der Waals surface area contributed by atoms with E-state index in [2.05, 4.69) is 0 Å². The van der Waals surface area contributed by atoms with E-state index in [-0.39, 0.29) is 0 Å². The average Bonchev–Trinajstić information content (AvgIpc) is 2.75. The van der Waals surface area contributed by atoms with Gasteiger partial charge in [0.1, 0.15) is 5.00 Å². The van der Waals surface area contributed by atoms with Crippen LogP contribution in [0.3, 0.4) is 0 Å². The molecule has 0 aromatic carbocycles. The summed E-state index contributed by atoms with van der Waals surface area (Å²) in [6.45, 7) is 1.68. The van der Waals surface area contributed by atoms with Crippen molar-refractivity contribution in [2.75, 3.05) is 18.1 Å². The number of nitrogens with zero attached hydrogens (tertiary/aromatic N) is 2. The summed E-state index contributed by atoms with van der Waals surface area (Å²) in [7, 11) is 0. The first-order valence-electron chi connectivity index (χ1n) is 4.60. The largest absolute Gasteiger partial charge is 0.464 e. The lowest BCUT2D eigenvalue weighted by atomic mass is 10.4. The van der Waals surface area contributed by atoms with Crippen LogP contribution in [-0.4, -0.2) is 29.3 Å². The SMILES string of the molecule is O=C(O)N(c1cccs1)N1CCCC1. The number of carboxylic acid groups (broad SMARTS) is 1. The molecule has 2 rings (SSSR count). The molecule has 1 N–H and O–H groups in total. The molecule has 1 aromatic rings. The van der Waals surface area contributed by atoms with Crippen molar-refractivity contribution in [3.8, 4) is 0 Å². The van der Waals surface area contributed by atoms with Crippen molar-refractivity contribution in [3.63, 3.8) is 0 Å². The minimum absolute atomic E-state index is 0.777. The van der Waals surface area contributed by atoms with E-state index in [1.807, 2.05) is 22.5 Å². The standard InChI is InChI=1S/C9H12N2O2S/c12-9(13)11(8-4-3-7-14-8)10-5-1-2-6-10/h3-4,7H,1-2,5-6H2,(H,12,13). The Bertz CT molecular complexity index is 307. The Labute approximate surface area is 86.3 Å². The Balaban J connectivity index is 2.19. The van der Waals surface area contributed by atoms with Gasteiger partial charge in [0.15, 0.2) is 0 Å². The van der Waals surface area contributed by atoms with Crippen molar-refractivity contribution >= 4 is 22.4 Å². The molecule has 5 heteroatoms. The summed E-state index contributed by atoms with van der Waals surface area (Å²) in [4.78, 5) is 11.1. The zero-order valence-electron chi connectivity index (χ0n) is 7.72. The summed E-state index contributed by atoms with van der Waals surface area (Å²) in [5.41, 5.74) is 0. The fraction of sp³-hybridized carbons (Fsp3) is 0.444. The number of hydrazine groups is 1. The van der Waals surface area contributed by atoms with Gasteiger partial charge in [0.25, 0.3) is 0 Å². The molecule has 14 heavy (non-hydrogen) atoms. The molecule has 0 aliphatic carbocycles. The molecule has 0 radical (unpaired) electrons. The molecular weight excluding hydrogens is 200 g/mol. The molecule has 0 unspecified atom stereocenters. The van der Waals surface area contributed by atoms with E-state index in [1.54, 1.807) is 0 Å². The van der Waals surface area contributed by atoms with E-state index in [4.69, 9.17) is 5.11 Å². The highest BCUT2D eigenvalue weighted by Gasteiger charge is 2.25. The van der Waals surface area contributed by atoms with Crippen molar-refractivity contribution in [3.05, 3.63) is 17.5 Å². The highest BCUT2D eigenvalue weighted by molar-refractivity contribution is 7.14. The number of carbonyl (C=O) groups is 1. The Morgan fingerprint density at radius 3 is 2.71 bits per heavy atom. The third kappa shape index (κ3) is 1.73. The lowest BCUT2D eigenvalue weighted by molar-refractivity contribution is 0.178. The molecule has 1 amide bonds. The highest BCUT2D eigenvalue weighted by atomic mass is 32.1. The maximum atomic E-state index is 11.1. The number of anilines is 1. The number of amides is 1. The lowest BCUT2D eigenvalue weighted by Crippen LogP contribution is -2.44. The van der Waals surface area contributed by atoms with E-state index >= 15 is 0 Å². The first-order chi connectivity index (χ1) is 6.79. The second-order valence-electron chi connectivity index (χ2n) is 3.21. The summed E-state index contributed by atoms with van der Waals surface area (Å²) >= 11 is 1.45. The Hall–Kier alpha value is -1.07. The van der Waals surface area contributed by atoms with Crippen LogP contribution in [0.5, 0.6) is 0 Å². The van der Waals surface area contributed by atoms with Gasteiger partial charge in [0.2, 0.25) is 0 Å². The topological polar surface area (TPSA) is 43.8 Å². The lowest BCUT2D eigenvalue weighted by Gasteiger charge is -2.27. The predicted octanol–water partition coefficient (Wildman–Crippen LogP) is 2.24. The smallest absolute Gasteiger partial charge is 0.427 e.